The number of benzene rings is 2. The van der Waals surface area contributed by atoms with Crippen LogP contribution in [0.15, 0.2) is 60.8 Å². The highest BCUT2D eigenvalue weighted by Gasteiger charge is 2.30. The molecule has 31 heavy (non-hydrogen) atoms. The highest BCUT2D eigenvalue weighted by atomic mass is 16.5. The van der Waals surface area contributed by atoms with E-state index in [1.54, 1.807) is 16.9 Å². The van der Waals surface area contributed by atoms with Crippen LogP contribution in [0.4, 0.5) is 4.79 Å². The zero-order valence-corrected chi connectivity index (χ0v) is 17.5. The van der Waals surface area contributed by atoms with E-state index in [1.807, 2.05) is 38.1 Å². The lowest BCUT2D eigenvalue weighted by atomic mass is 9.98. The van der Waals surface area contributed by atoms with Crippen molar-refractivity contribution in [2.45, 2.75) is 38.3 Å². The molecule has 7 nitrogen and oxygen atoms in total. The molecule has 0 saturated carbocycles. The second-order valence-corrected chi connectivity index (χ2v) is 7.91. The van der Waals surface area contributed by atoms with Gasteiger partial charge in [0.1, 0.15) is 6.61 Å². The van der Waals surface area contributed by atoms with E-state index < -0.39 is 18.1 Å². The molecule has 160 valence electrons. The monoisotopic (exact) mass is 419 g/mol. The van der Waals surface area contributed by atoms with E-state index in [-0.39, 0.29) is 25.0 Å². The van der Waals surface area contributed by atoms with Crippen LogP contribution in [0, 0.1) is 0 Å². The average molecular weight is 419 g/mol. The van der Waals surface area contributed by atoms with Gasteiger partial charge in [-0.15, -0.1) is 0 Å². The second-order valence-electron chi connectivity index (χ2n) is 7.91. The fourth-order valence-corrected chi connectivity index (χ4v) is 4.22. The van der Waals surface area contributed by atoms with Crippen LogP contribution in [0.1, 0.15) is 55.1 Å². The Labute approximate surface area is 180 Å². The summed E-state index contributed by atoms with van der Waals surface area (Å²) in [6.45, 7) is 4.06. The number of ether oxygens (including phenoxy) is 1. The lowest BCUT2D eigenvalue weighted by Gasteiger charge is -2.21. The van der Waals surface area contributed by atoms with Gasteiger partial charge in [0, 0.05) is 18.2 Å². The van der Waals surface area contributed by atoms with Crippen molar-refractivity contribution in [3.63, 3.8) is 0 Å². The number of rotatable bonds is 7. The Bertz CT molecular complexity index is 1060. The van der Waals surface area contributed by atoms with E-state index in [2.05, 4.69) is 34.7 Å². The van der Waals surface area contributed by atoms with Gasteiger partial charge in [-0.3, -0.25) is 9.48 Å². The summed E-state index contributed by atoms with van der Waals surface area (Å²) in [7, 11) is 0. The molecule has 1 atom stereocenters. The first-order valence-corrected chi connectivity index (χ1v) is 10.3. The van der Waals surface area contributed by atoms with Crippen molar-refractivity contribution in [1.82, 2.24) is 15.1 Å². The molecule has 0 fully saturated rings. The molecular formula is C24H25N3O4. The first-order chi connectivity index (χ1) is 15.0. The average Bonchev–Trinajstić information content (AvgIpc) is 3.35. The molecule has 2 aromatic carbocycles. The predicted octanol–water partition coefficient (Wildman–Crippen LogP) is 4.52. The molecular weight excluding hydrogens is 394 g/mol. The number of fused-ring (bicyclic) bond motifs is 3. The first kappa shape index (κ1) is 20.7. The number of alkyl carbamates (subject to hydrolysis) is 1. The number of nitrogens with one attached hydrogen (secondary N) is 1. The standard InChI is InChI=1S/C24H25N3O4/c1-15(2)27-22(11-12-25-27)21(13-23(28)29)26-24(30)31-14-20-18-9-5-3-7-16(18)17-8-4-6-10-19(17)20/h3-12,15,20-21H,13-14H2,1-2H3,(H,26,30)(H,28,29)/t21-/m0/s1. The Hall–Kier alpha value is -3.61. The Morgan fingerprint density at radius 1 is 1.06 bits per heavy atom. The third kappa shape index (κ3) is 4.17. The van der Waals surface area contributed by atoms with Crippen LogP contribution in [0.2, 0.25) is 0 Å². The van der Waals surface area contributed by atoms with Crippen molar-refractivity contribution in [3.8, 4) is 11.1 Å². The van der Waals surface area contributed by atoms with Gasteiger partial charge >= 0.3 is 12.1 Å². The molecule has 1 amide bonds. The minimum absolute atomic E-state index is 0.0330. The van der Waals surface area contributed by atoms with Gasteiger partial charge in [-0.2, -0.15) is 5.10 Å². The van der Waals surface area contributed by atoms with Crippen LogP contribution in [0.5, 0.6) is 0 Å². The molecule has 7 heteroatoms. The Balaban J connectivity index is 1.49. The Morgan fingerprint density at radius 2 is 1.68 bits per heavy atom. The smallest absolute Gasteiger partial charge is 0.407 e. The summed E-state index contributed by atoms with van der Waals surface area (Å²) in [5.41, 5.74) is 5.17. The molecule has 1 aliphatic rings. The number of carboxylic acids is 1. The van der Waals surface area contributed by atoms with Crippen LogP contribution in [-0.4, -0.2) is 33.6 Å². The maximum atomic E-state index is 12.6. The summed E-state index contributed by atoms with van der Waals surface area (Å²) in [6, 6.07) is 17.2. The zero-order valence-electron chi connectivity index (χ0n) is 17.5. The maximum absolute atomic E-state index is 12.6. The number of carbonyl (C=O) groups is 2. The molecule has 0 unspecified atom stereocenters. The van der Waals surface area contributed by atoms with Crippen LogP contribution in [0.3, 0.4) is 0 Å². The number of aromatic nitrogens is 2. The Kier molecular flexibility index (Phi) is 5.75. The number of nitrogens with zero attached hydrogens (tertiary/aromatic N) is 2. The molecule has 0 bridgehead atoms. The third-order valence-corrected chi connectivity index (χ3v) is 5.56. The summed E-state index contributed by atoms with van der Waals surface area (Å²) < 4.78 is 7.28. The second kappa shape index (κ2) is 8.63. The maximum Gasteiger partial charge on any atom is 0.407 e. The number of carbonyl (C=O) groups excluding carboxylic acids is 1. The molecule has 0 spiro atoms. The van der Waals surface area contributed by atoms with E-state index in [4.69, 9.17) is 4.74 Å². The topological polar surface area (TPSA) is 93.5 Å². The molecule has 0 radical (unpaired) electrons. The van der Waals surface area contributed by atoms with Crippen molar-refractivity contribution in [2.24, 2.45) is 0 Å². The van der Waals surface area contributed by atoms with Gasteiger partial charge in [-0.05, 0) is 42.2 Å². The zero-order chi connectivity index (χ0) is 22.0. The molecule has 3 aromatic rings. The van der Waals surface area contributed by atoms with E-state index in [0.717, 1.165) is 22.3 Å². The minimum Gasteiger partial charge on any atom is -0.481 e. The molecule has 1 aliphatic carbocycles. The fourth-order valence-electron chi connectivity index (χ4n) is 4.22. The van der Waals surface area contributed by atoms with Crippen molar-refractivity contribution in [1.29, 1.82) is 0 Å². The van der Waals surface area contributed by atoms with Crippen molar-refractivity contribution in [3.05, 3.63) is 77.6 Å². The van der Waals surface area contributed by atoms with E-state index in [1.165, 1.54) is 0 Å². The number of amides is 1. The highest BCUT2D eigenvalue weighted by molar-refractivity contribution is 5.79. The van der Waals surface area contributed by atoms with Crippen LogP contribution < -0.4 is 5.32 Å². The third-order valence-electron chi connectivity index (χ3n) is 5.56. The number of hydrogen-bond donors (Lipinski definition) is 2. The molecule has 0 saturated heterocycles. The van der Waals surface area contributed by atoms with E-state index >= 15 is 0 Å². The molecule has 1 heterocycles. The van der Waals surface area contributed by atoms with E-state index in [0.29, 0.717) is 5.69 Å². The van der Waals surface area contributed by atoms with Crippen molar-refractivity contribution in [2.75, 3.05) is 6.61 Å². The lowest BCUT2D eigenvalue weighted by molar-refractivity contribution is -0.137. The molecule has 4 rings (SSSR count). The van der Waals surface area contributed by atoms with Crippen molar-refractivity contribution >= 4 is 12.1 Å². The number of hydrogen-bond acceptors (Lipinski definition) is 4. The SMILES string of the molecule is CC(C)n1nccc1[C@H](CC(=O)O)NC(=O)OCC1c2ccccc2-c2ccccc21. The van der Waals surface area contributed by atoms with Crippen LogP contribution in [-0.2, 0) is 9.53 Å². The summed E-state index contributed by atoms with van der Waals surface area (Å²) in [6.07, 6.45) is 0.691. The molecule has 1 aromatic heterocycles. The summed E-state index contributed by atoms with van der Waals surface area (Å²) >= 11 is 0. The Morgan fingerprint density at radius 3 is 2.26 bits per heavy atom. The van der Waals surface area contributed by atoms with Crippen LogP contribution >= 0.6 is 0 Å². The summed E-state index contributed by atoms with van der Waals surface area (Å²) in [4.78, 5) is 24.0. The van der Waals surface area contributed by atoms with Gasteiger partial charge in [0.25, 0.3) is 0 Å². The molecule has 2 N–H and O–H groups in total. The van der Waals surface area contributed by atoms with E-state index in [9.17, 15) is 14.7 Å². The van der Waals surface area contributed by atoms with Gasteiger partial charge in [-0.1, -0.05) is 48.5 Å². The normalized spacial score (nSPS) is 13.5. The van der Waals surface area contributed by atoms with Gasteiger partial charge in [0.05, 0.1) is 18.2 Å². The quantitative estimate of drug-likeness (QED) is 0.587. The lowest BCUT2D eigenvalue weighted by Crippen LogP contribution is -2.33. The number of carboxylic acid groups (broad SMARTS) is 1. The van der Waals surface area contributed by atoms with Gasteiger partial charge in [-0.25, -0.2) is 4.79 Å². The molecule has 0 aliphatic heterocycles. The fraction of sp³-hybridized carbons (Fsp3) is 0.292. The summed E-state index contributed by atoms with van der Waals surface area (Å²) in [5, 5.41) is 16.3. The largest absolute Gasteiger partial charge is 0.481 e. The minimum atomic E-state index is -1.01. The van der Waals surface area contributed by atoms with Gasteiger partial charge in [0.15, 0.2) is 0 Å². The predicted molar refractivity (Wildman–Crippen MR) is 116 cm³/mol. The summed E-state index contributed by atoms with van der Waals surface area (Å²) in [5.74, 6) is -1.07. The van der Waals surface area contributed by atoms with Crippen molar-refractivity contribution < 1.29 is 19.4 Å². The van der Waals surface area contributed by atoms with Crippen LogP contribution in [0.25, 0.3) is 11.1 Å². The number of aliphatic carboxylic acids is 1. The first-order valence-electron chi connectivity index (χ1n) is 10.3. The van der Waals surface area contributed by atoms with Gasteiger partial charge in [0.2, 0.25) is 0 Å². The van der Waals surface area contributed by atoms with Gasteiger partial charge < -0.3 is 15.2 Å². The highest BCUT2D eigenvalue weighted by Crippen LogP contribution is 2.44.